The summed E-state index contributed by atoms with van der Waals surface area (Å²) in [5.41, 5.74) is 0.360. The molecule has 0 unspecified atom stereocenters. The maximum absolute atomic E-state index is 12.3. The summed E-state index contributed by atoms with van der Waals surface area (Å²) in [6, 6.07) is 3.27. The van der Waals surface area contributed by atoms with Crippen molar-refractivity contribution in [1.29, 1.82) is 0 Å². The summed E-state index contributed by atoms with van der Waals surface area (Å²) in [5, 5.41) is 5.05. The summed E-state index contributed by atoms with van der Waals surface area (Å²) in [4.78, 5) is 17.9. The van der Waals surface area contributed by atoms with Gasteiger partial charge < -0.3 is 9.64 Å². The van der Waals surface area contributed by atoms with Crippen molar-refractivity contribution in [2.24, 2.45) is 5.14 Å². The first-order chi connectivity index (χ1) is 9.43. The van der Waals surface area contributed by atoms with E-state index in [2.05, 4.69) is 4.98 Å². The minimum atomic E-state index is -3.69. The number of carbonyl (C=O) groups is 1. The predicted octanol–water partition coefficient (Wildman–Crippen LogP) is -0.948. The topological polar surface area (TPSA) is 106 Å². The third kappa shape index (κ3) is 3.06. The molecule has 8 nitrogen and oxygen atoms in total. The number of aromatic nitrogens is 1. The third-order valence-electron chi connectivity index (χ3n) is 3.08. The first-order valence-corrected chi connectivity index (χ1v) is 7.50. The Kier molecular flexibility index (Phi) is 4.21. The molecule has 1 amide bonds. The molecule has 110 valence electrons. The lowest BCUT2D eigenvalue weighted by atomic mass is 10.2. The van der Waals surface area contributed by atoms with Crippen LogP contribution in [0.15, 0.2) is 18.3 Å². The quantitative estimate of drug-likeness (QED) is 0.775. The lowest BCUT2D eigenvalue weighted by Crippen LogP contribution is -2.52. The molecule has 0 spiro atoms. The van der Waals surface area contributed by atoms with Crippen LogP contribution in [0.25, 0.3) is 0 Å². The van der Waals surface area contributed by atoms with Gasteiger partial charge in [-0.1, -0.05) is 0 Å². The normalized spacial score (nSPS) is 17.0. The van der Waals surface area contributed by atoms with Crippen LogP contribution >= 0.6 is 0 Å². The summed E-state index contributed by atoms with van der Waals surface area (Å²) >= 11 is 0. The maximum atomic E-state index is 12.3. The number of nitrogens with two attached hydrogens (primary N) is 1. The second kappa shape index (κ2) is 5.73. The largest absolute Gasteiger partial charge is 0.480 e. The average molecular weight is 300 g/mol. The Bertz CT molecular complexity index is 596. The van der Waals surface area contributed by atoms with Gasteiger partial charge in [-0.15, -0.1) is 0 Å². The van der Waals surface area contributed by atoms with Crippen LogP contribution in [-0.2, 0) is 10.2 Å². The van der Waals surface area contributed by atoms with Gasteiger partial charge in [0.25, 0.3) is 16.1 Å². The fraction of sp³-hybridized carbons (Fsp3) is 0.455. The van der Waals surface area contributed by atoms with Crippen LogP contribution in [0, 0.1) is 0 Å². The highest BCUT2D eigenvalue weighted by Crippen LogP contribution is 2.17. The zero-order valence-electron chi connectivity index (χ0n) is 11.0. The molecular weight excluding hydrogens is 284 g/mol. The van der Waals surface area contributed by atoms with Gasteiger partial charge in [0.15, 0.2) is 0 Å². The van der Waals surface area contributed by atoms with E-state index in [0.29, 0.717) is 5.56 Å². The van der Waals surface area contributed by atoms with E-state index in [1.54, 1.807) is 17.0 Å². The molecule has 2 N–H and O–H groups in total. The van der Waals surface area contributed by atoms with Crippen molar-refractivity contribution in [3.63, 3.8) is 0 Å². The van der Waals surface area contributed by atoms with Gasteiger partial charge in [0.2, 0.25) is 5.88 Å². The molecule has 1 fully saturated rings. The molecule has 0 aromatic carbocycles. The first kappa shape index (κ1) is 14.7. The number of methoxy groups -OCH3 is 1. The van der Waals surface area contributed by atoms with Crippen molar-refractivity contribution in [2.75, 3.05) is 33.3 Å². The van der Waals surface area contributed by atoms with Gasteiger partial charge in [-0.25, -0.2) is 10.1 Å². The van der Waals surface area contributed by atoms with Gasteiger partial charge in [0, 0.05) is 32.4 Å². The summed E-state index contributed by atoms with van der Waals surface area (Å²) in [5.74, 6) is 0.0235. The molecule has 2 heterocycles. The molecule has 1 saturated heterocycles. The summed E-state index contributed by atoms with van der Waals surface area (Å²) in [6.45, 7) is 0.945. The van der Waals surface area contributed by atoms with Crippen molar-refractivity contribution in [1.82, 2.24) is 14.2 Å². The Morgan fingerprint density at radius 2 is 2.00 bits per heavy atom. The van der Waals surface area contributed by atoms with Crippen LogP contribution in [0.5, 0.6) is 5.88 Å². The minimum absolute atomic E-state index is 0.188. The van der Waals surface area contributed by atoms with E-state index < -0.39 is 10.2 Å². The van der Waals surface area contributed by atoms with Gasteiger partial charge in [0.1, 0.15) is 5.56 Å². The number of hydrogen-bond donors (Lipinski definition) is 1. The summed E-state index contributed by atoms with van der Waals surface area (Å²) in [6.07, 6.45) is 1.54. The fourth-order valence-electron chi connectivity index (χ4n) is 2.03. The molecule has 9 heteroatoms. The molecule has 0 saturated carbocycles. The van der Waals surface area contributed by atoms with Crippen LogP contribution in [0.4, 0.5) is 0 Å². The van der Waals surface area contributed by atoms with Crippen molar-refractivity contribution in [2.45, 2.75) is 0 Å². The molecule has 1 aromatic rings. The Balaban J connectivity index is 2.09. The van der Waals surface area contributed by atoms with Crippen LogP contribution in [0.3, 0.4) is 0 Å². The lowest BCUT2D eigenvalue weighted by Gasteiger charge is -2.33. The highest BCUT2D eigenvalue weighted by molar-refractivity contribution is 7.86. The highest BCUT2D eigenvalue weighted by Gasteiger charge is 2.28. The molecule has 1 aliphatic heterocycles. The Hall–Kier alpha value is -1.71. The number of piperazine rings is 1. The third-order valence-corrected chi connectivity index (χ3v) is 4.17. The molecule has 2 rings (SSSR count). The smallest absolute Gasteiger partial charge is 0.277 e. The fourth-order valence-corrected chi connectivity index (χ4v) is 2.70. The predicted molar refractivity (Wildman–Crippen MR) is 71.4 cm³/mol. The molecular formula is C11H16N4O4S. The van der Waals surface area contributed by atoms with Gasteiger partial charge in [-0.3, -0.25) is 4.79 Å². The monoisotopic (exact) mass is 300 g/mol. The maximum Gasteiger partial charge on any atom is 0.277 e. The van der Waals surface area contributed by atoms with Crippen molar-refractivity contribution < 1.29 is 17.9 Å². The number of ether oxygens (including phenoxy) is 1. The second-order valence-electron chi connectivity index (χ2n) is 4.30. The summed E-state index contributed by atoms with van der Waals surface area (Å²) < 4.78 is 28.6. The minimum Gasteiger partial charge on any atom is -0.480 e. The molecule has 0 radical (unpaired) electrons. The Morgan fingerprint density at radius 1 is 1.35 bits per heavy atom. The number of rotatable bonds is 3. The number of carbonyl (C=O) groups excluding carboxylic acids is 1. The molecule has 1 aliphatic rings. The van der Waals surface area contributed by atoms with Gasteiger partial charge in [0.05, 0.1) is 7.11 Å². The zero-order chi connectivity index (χ0) is 14.8. The molecule has 0 atom stereocenters. The van der Waals surface area contributed by atoms with Crippen molar-refractivity contribution >= 4 is 16.1 Å². The highest BCUT2D eigenvalue weighted by atomic mass is 32.2. The lowest BCUT2D eigenvalue weighted by molar-refractivity contribution is 0.0693. The van der Waals surface area contributed by atoms with Gasteiger partial charge >= 0.3 is 0 Å². The van der Waals surface area contributed by atoms with Crippen LogP contribution in [0.1, 0.15) is 10.4 Å². The van der Waals surface area contributed by atoms with E-state index in [0.717, 1.165) is 4.31 Å². The van der Waals surface area contributed by atoms with Crippen molar-refractivity contribution in [3.8, 4) is 5.88 Å². The number of amides is 1. The van der Waals surface area contributed by atoms with Crippen molar-refractivity contribution in [3.05, 3.63) is 23.9 Å². The Morgan fingerprint density at radius 3 is 2.55 bits per heavy atom. The van der Waals surface area contributed by atoms with E-state index in [9.17, 15) is 13.2 Å². The van der Waals surface area contributed by atoms with E-state index >= 15 is 0 Å². The summed E-state index contributed by atoms with van der Waals surface area (Å²) in [7, 11) is -2.25. The zero-order valence-corrected chi connectivity index (χ0v) is 11.8. The molecule has 20 heavy (non-hydrogen) atoms. The Labute approximate surface area is 117 Å². The second-order valence-corrected chi connectivity index (χ2v) is 5.84. The number of nitrogens with zero attached hydrogens (tertiary/aromatic N) is 3. The molecule has 0 aliphatic carbocycles. The van der Waals surface area contributed by atoms with Gasteiger partial charge in [-0.05, 0) is 12.1 Å². The van der Waals surface area contributed by atoms with E-state index in [1.165, 1.54) is 13.3 Å². The molecule has 0 bridgehead atoms. The van der Waals surface area contributed by atoms with Gasteiger partial charge in [-0.2, -0.15) is 12.7 Å². The standard InChI is InChI=1S/C11H16N4O4S/c1-19-10-9(3-2-4-13-10)11(16)14-5-7-15(8-6-14)20(12,17)18/h2-4H,5-8H2,1H3,(H2,12,17,18). The van der Waals surface area contributed by atoms with Crippen LogP contribution < -0.4 is 9.88 Å². The molecule has 1 aromatic heterocycles. The van der Waals surface area contributed by atoms with Crippen LogP contribution in [0.2, 0.25) is 0 Å². The van der Waals surface area contributed by atoms with Crippen LogP contribution in [-0.4, -0.2) is 61.8 Å². The average Bonchev–Trinajstić information content (AvgIpc) is 2.45. The van der Waals surface area contributed by atoms with E-state index in [4.69, 9.17) is 9.88 Å². The SMILES string of the molecule is COc1ncccc1C(=O)N1CCN(S(N)(=O)=O)CC1. The number of pyridine rings is 1. The van der Waals surface area contributed by atoms with E-state index in [-0.39, 0.29) is 38.0 Å². The first-order valence-electron chi connectivity index (χ1n) is 5.99. The number of hydrogen-bond acceptors (Lipinski definition) is 5. The van der Waals surface area contributed by atoms with E-state index in [1.807, 2.05) is 0 Å².